The quantitative estimate of drug-likeness (QED) is 0.739. The van der Waals surface area contributed by atoms with E-state index in [0.29, 0.717) is 23.8 Å². The molecule has 2 N–H and O–H groups in total. The number of nitrogens with two attached hydrogens (primary N) is 1. The van der Waals surface area contributed by atoms with E-state index < -0.39 is 6.10 Å². The van der Waals surface area contributed by atoms with Gasteiger partial charge in [0.05, 0.1) is 11.9 Å². The minimum atomic E-state index is -0.471. The molecule has 2 rings (SSSR count). The predicted octanol–water partition coefficient (Wildman–Crippen LogP) is 0.798. The maximum Gasteiger partial charge on any atom is 0.269 e. The Labute approximate surface area is 87.8 Å². The second-order valence-corrected chi connectivity index (χ2v) is 3.43. The third-order valence-corrected chi connectivity index (χ3v) is 2.34. The van der Waals surface area contributed by atoms with Gasteiger partial charge >= 0.3 is 0 Å². The summed E-state index contributed by atoms with van der Waals surface area (Å²) in [6, 6.07) is 1.69. The van der Waals surface area contributed by atoms with Crippen molar-refractivity contribution >= 4 is 17.4 Å². The van der Waals surface area contributed by atoms with Gasteiger partial charge in [0.25, 0.3) is 5.91 Å². The van der Waals surface area contributed by atoms with Gasteiger partial charge in [-0.05, 0) is 13.8 Å². The largest absolute Gasteiger partial charge is 0.477 e. The van der Waals surface area contributed by atoms with Gasteiger partial charge in [-0.1, -0.05) is 0 Å². The molecular formula is C10H13N3O2. The number of aromatic nitrogens is 1. The molecule has 15 heavy (non-hydrogen) atoms. The number of hydrogen-bond acceptors (Lipinski definition) is 4. The van der Waals surface area contributed by atoms with Crippen molar-refractivity contribution in [1.29, 1.82) is 0 Å². The van der Waals surface area contributed by atoms with Crippen molar-refractivity contribution in [3.05, 3.63) is 12.3 Å². The average Bonchev–Trinajstić information content (AvgIpc) is 2.20. The van der Waals surface area contributed by atoms with E-state index >= 15 is 0 Å². The first-order valence-corrected chi connectivity index (χ1v) is 4.87. The summed E-state index contributed by atoms with van der Waals surface area (Å²) in [6.45, 7) is 4.20. The number of hydrogen-bond donors (Lipinski definition) is 1. The Morgan fingerprint density at radius 1 is 1.67 bits per heavy atom. The highest BCUT2D eigenvalue weighted by Gasteiger charge is 2.31. The summed E-state index contributed by atoms with van der Waals surface area (Å²) >= 11 is 0. The summed E-state index contributed by atoms with van der Waals surface area (Å²) in [6.07, 6.45) is 1.05. The van der Waals surface area contributed by atoms with Crippen molar-refractivity contribution in [2.75, 3.05) is 17.2 Å². The fourth-order valence-corrected chi connectivity index (χ4v) is 1.61. The fraction of sp³-hybridized carbons (Fsp3) is 0.400. The maximum absolute atomic E-state index is 11.7. The number of nitrogen functional groups attached to an aromatic ring is 1. The summed E-state index contributed by atoms with van der Waals surface area (Å²) in [5.41, 5.74) is 6.14. The summed E-state index contributed by atoms with van der Waals surface area (Å²) in [7, 11) is 0. The molecule has 1 amide bonds. The monoisotopic (exact) mass is 207 g/mol. The molecule has 1 aliphatic rings. The summed E-state index contributed by atoms with van der Waals surface area (Å²) in [5.74, 6) is 1.06. The molecule has 0 saturated carbocycles. The molecule has 5 heteroatoms. The predicted molar refractivity (Wildman–Crippen MR) is 56.8 cm³/mol. The number of carbonyl (C=O) groups is 1. The van der Waals surface area contributed by atoms with Crippen molar-refractivity contribution in [1.82, 2.24) is 4.98 Å². The van der Waals surface area contributed by atoms with Crippen LogP contribution in [0.3, 0.4) is 0 Å². The smallest absolute Gasteiger partial charge is 0.269 e. The van der Waals surface area contributed by atoms with Crippen molar-refractivity contribution in [3.8, 4) is 5.75 Å². The molecule has 1 aromatic heterocycles. The van der Waals surface area contributed by atoms with Gasteiger partial charge in [-0.2, -0.15) is 0 Å². The standard InChI is InChI=1S/C10H13N3O2/c1-3-13-9-8(4-7(11)5-12-9)15-6(2)10(13)14/h4-6H,3,11H2,1-2H3. The molecule has 0 aromatic carbocycles. The number of likely N-dealkylation sites (N-methyl/N-ethyl adjacent to an activating group) is 1. The molecule has 1 aliphatic heterocycles. The minimum Gasteiger partial charge on any atom is -0.477 e. The van der Waals surface area contributed by atoms with Crippen LogP contribution in [0.5, 0.6) is 5.75 Å². The number of rotatable bonds is 1. The lowest BCUT2D eigenvalue weighted by Gasteiger charge is -2.31. The van der Waals surface area contributed by atoms with Crippen LogP contribution in [0, 0.1) is 0 Å². The topological polar surface area (TPSA) is 68.5 Å². The zero-order chi connectivity index (χ0) is 11.0. The third kappa shape index (κ3) is 1.49. The van der Waals surface area contributed by atoms with E-state index in [1.807, 2.05) is 6.92 Å². The lowest BCUT2D eigenvalue weighted by Crippen LogP contribution is -2.44. The van der Waals surface area contributed by atoms with E-state index in [4.69, 9.17) is 10.5 Å². The van der Waals surface area contributed by atoms with Crippen LogP contribution in [0.2, 0.25) is 0 Å². The Bertz CT molecular complexity index is 406. The van der Waals surface area contributed by atoms with Crippen LogP contribution in [-0.2, 0) is 4.79 Å². The fourth-order valence-electron chi connectivity index (χ4n) is 1.61. The zero-order valence-corrected chi connectivity index (χ0v) is 8.73. The Morgan fingerprint density at radius 3 is 3.07 bits per heavy atom. The van der Waals surface area contributed by atoms with Crippen molar-refractivity contribution in [2.45, 2.75) is 20.0 Å². The lowest BCUT2D eigenvalue weighted by molar-refractivity contribution is -0.125. The zero-order valence-electron chi connectivity index (χ0n) is 8.73. The molecule has 1 aromatic rings. The minimum absolute atomic E-state index is 0.0673. The second-order valence-electron chi connectivity index (χ2n) is 3.43. The van der Waals surface area contributed by atoms with Crippen LogP contribution in [0.15, 0.2) is 12.3 Å². The van der Waals surface area contributed by atoms with Gasteiger partial charge in [-0.3, -0.25) is 9.69 Å². The van der Waals surface area contributed by atoms with Crippen molar-refractivity contribution in [2.24, 2.45) is 0 Å². The number of nitrogens with zero attached hydrogens (tertiary/aromatic N) is 2. The van der Waals surface area contributed by atoms with E-state index in [1.165, 1.54) is 6.20 Å². The Morgan fingerprint density at radius 2 is 2.40 bits per heavy atom. The summed E-state index contributed by atoms with van der Waals surface area (Å²) in [5, 5.41) is 0. The van der Waals surface area contributed by atoms with Crippen molar-refractivity contribution < 1.29 is 9.53 Å². The SMILES string of the molecule is CCN1C(=O)C(C)Oc2cc(N)cnc21. The molecular weight excluding hydrogens is 194 g/mol. The average molecular weight is 207 g/mol. The van der Waals surface area contributed by atoms with Crippen LogP contribution in [-0.4, -0.2) is 23.5 Å². The Kier molecular flexibility index (Phi) is 2.22. The molecule has 0 bridgehead atoms. The Hall–Kier alpha value is -1.78. The van der Waals surface area contributed by atoms with Gasteiger partial charge < -0.3 is 10.5 Å². The maximum atomic E-state index is 11.7. The van der Waals surface area contributed by atoms with Crippen LogP contribution in [0.25, 0.3) is 0 Å². The molecule has 1 atom stereocenters. The first kappa shape index (κ1) is 9.76. The molecule has 0 fully saturated rings. The number of fused-ring (bicyclic) bond motifs is 1. The highest BCUT2D eigenvalue weighted by molar-refractivity contribution is 5.98. The van der Waals surface area contributed by atoms with E-state index in [0.717, 1.165) is 0 Å². The molecule has 0 saturated heterocycles. The third-order valence-electron chi connectivity index (χ3n) is 2.34. The number of anilines is 2. The highest BCUT2D eigenvalue weighted by atomic mass is 16.5. The summed E-state index contributed by atoms with van der Waals surface area (Å²) in [4.78, 5) is 17.4. The van der Waals surface area contributed by atoms with Gasteiger partial charge in [0, 0.05) is 12.6 Å². The van der Waals surface area contributed by atoms with E-state index in [2.05, 4.69) is 4.98 Å². The molecule has 0 aliphatic carbocycles. The summed E-state index contributed by atoms with van der Waals surface area (Å²) < 4.78 is 5.42. The first-order chi connectivity index (χ1) is 7.13. The van der Waals surface area contributed by atoms with Crippen LogP contribution in [0.4, 0.5) is 11.5 Å². The van der Waals surface area contributed by atoms with Gasteiger partial charge in [-0.15, -0.1) is 0 Å². The van der Waals surface area contributed by atoms with E-state index in [9.17, 15) is 4.79 Å². The van der Waals surface area contributed by atoms with Gasteiger partial charge in [0.15, 0.2) is 17.7 Å². The normalized spacial score (nSPS) is 19.7. The van der Waals surface area contributed by atoms with E-state index in [1.54, 1.807) is 17.9 Å². The number of ether oxygens (including phenoxy) is 1. The Balaban J connectivity index is 2.49. The van der Waals surface area contributed by atoms with E-state index in [-0.39, 0.29) is 5.91 Å². The molecule has 0 radical (unpaired) electrons. The first-order valence-electron chi connectivity index (χ1n) is 4.87. The van der Waals surface area contributed by atoms with Crippen LogP contribution in [0.1, 0.15) is 13.8 Å². The second kappa shape index (κ2) is 3.42. The number of carbonyl (C=O) groups excluding carboxylic acids is 1. The van der Waals surface area contributed by atoms with Crippen LogP contribution < -0.4 is 15.4 Å². The molecule has 1 unspecified atom stereocenters. The molecule has 2 heterocycles. The van der Waals surface area contributed by atoms with Gasteiger partial charge in [0.1, 0.15) is 0 Å². The lowest BCUT2D eigenvalue weighted by atomic mass is 10.2. The van der Waals surface area contributed by atoms with Crippen LogP contribution >= 0.6 is 0 Å². The number of pyridine rings is 1. The molecule has 80 valence electrons. The van der Waals surface area contributed by atoms with Crippen molar-refractivity contribution in [3.63, 3.8) is 0 Å². The number of amides is 1. The molecule has 0 spiro atoms. The van der Waals surface area contributed by atoms with Gasteiger partial charge in [-0.25, -0.2) is 4.98 Å². The highest BCUT2D eigenvalue weighted by Crippen LogP contribution is 2.32. The van der Waals surface area contributed by atoms with Gasteiger partial charge in [0.2, 0.25) is 0 Å². The molecule has 5 nitrogen and oxygen atoms in total.